The summed E-state index contributed by atoms with van der Waals surface area (Å²) in [5.41, 5.74) is 3.93. The topological polar surface area (TPSA) is 41.6 Å². The lowest BCUT2D eigenvalue weighted by Gasteiger charge is -2.34. The Morgan fingerprint density at radius 1 is 1.30 bits per heavy atom. The highest BCUT2D eigenvalue weighted by molar-refractivity contribution is 5.79. The van der Waals surface area contributed by atoms with E-state index in [-0.39, 0.29) is 30.8 Å². The van der Waals surface area contributed by atoms with Gasteiger partial charge < -0.3 is 10.1 Å². The van der Waals surface area contributed by atoms with Crippen LogP contribution in [0.1, 0.15) is 29.5 Å². The highest BCUT2D eigenvalue weighted by Crippen LogP contribution is 2.42. The summed E-state index contributed by atoms with van der Waals surface area (Å²) in [5, 5.41) is 2.89. The molecule has 1 aliphatic carbocycles. The minimum absolute atomic E-state index is 0.213. The number of rotatable bonds is 5. The Bertz CT molecular complexity index is 716. The maximum absolute atomic E-state index is 12.9. The van der Waals surface area contributed by atoms with Gasteiger partial charge in [-0.05, 0) is 25.0 Å². The van der Waals surface area contributed by atoms with Crippen molar-refractivity contribution in [2.45, 2.75) is 45.3 Å². The Kier molecular flexibility index (Phi) is 4.97. The molecule has 4 nitrogen and oxygen atoms in total. The molecule has 2 aliphatic heterocycles. The van der Waals surface area contributed by atoms with Crippen LogP contribution >= 0.6 is 0 Å². The van der Waals surface area contributed by atoms with Gasteiger partial charge in [0, 0.05) is 56.8 Å². The van der Waals surface area contributed by atoms with E-state index in [9.17, 15) is 13.6 Å². The van der Waals surface area contributed by atoms with Crippen LogP contribution < -0.4 is 5.32 Å². The van der Waals surface area contributed by atoms with Crippen molar-refractivity contribution in [2.75, 3.05) is 26.2 Å². The molecule has 1 aromatic carbocycles. The molecule has 3 aliphatic rings. The molecule has 6 heteroatoms. The van der Waals surface area contributed by atoms with Crippen molar-refractivity contribution in [2.24, 2.45) is 17.8 Å². The summed E-state index contributed by atoms with van der Waals surface area (Å²) in [6.45, 7) is 8.22. The summed E-state index contributed by atoms with van der Waals surface area (Å²) in [4.78, 5) is 14.5. The van der Waals surface area contributed by atoms with Crippen LogP contribution in [0.25, 0.3) is 0 Å². The summed E-state index contributed by atoms with van der Waals surface area (Å²) in [7, 11) is 0. The molecule has 1 saturated carbocycles. The zero-order valence-electron chi connectivity index (χ0n) is 16.0. The second-order valence-electron chi connectivity index (χ2n) is 8.63. The van der Waals surface area contributed by atoms with Crippen LogP contribution in [0.15, 0.2) is 18.2 Å². The first kappa shape index (κ1) is 18.8. The first-order valence-corrected chi connectivity index (χ1v) is 9.86. The van der Waals surface area contributed by atoms with Crippen LogP contribution in [0.2, 0.25) is 0 Å². The molecular weight excluding hydrogens is 350 g/mol. The van der Waals surface area contributed by atoms with Gasteiger partial charge >= 0.3 is 0 Å². The van der Waals surface area contributed by atoms with Crippen molar-refractivity contribution in [1.82, 2.24) is 10.2 Å². The molecular formula is C21H28F2N2O2. The average molecular weight is 378 g/mol. The van der Waals surface area contributed by atoms with Crippen molar-refractivity contribution in [3.8, 4) is 0 Å². The molecule has 2 heterocycles. The van der Waals surface area contributed by atoms with E-state index in [1.807, 2.05) is 0 Å². The number of likely N-dealkylation sites (tertiary alicyclic amines) is 1. The van der Waals surface area contributed by atoms with Crippen molar-refractivity contribution in [1.29, 1.82) is 0 Å². The molecule has 1 N–H and O–H groups in total. The second kappa shape index (κ2) is 7.13. The lowest BCUT2D eigenvalue weighted by molar-refractivity contribution is -0.150. The molecule has 1 amide bonds. The van der Waals surface area contributed by atoms with Gasteiger partial charge in [-0.15, -0.1) is 0 Å². The number of hydrogen-bond acceptors (Lipinski definition) is 3. The molecule has 0 aromatic heterocycles. The number of alkyl halides is 2. The fourth-order valence-corrected chi connectivity index (χ4v) is 4.65. The fraction of sp³-hybridized carbons (Fsp3) is 0.667. The normalized spacial score (nSPS) is 30.1. The molecule has 1 aromatic rings. The molecule has 4 rings (SSSR count). The minimum Gasteiger partial charge on any atom is -0.376 e. The van der Waals surface area contributed by atoms with Crippen molar-refractivity contribution in [3.05, 3.63) is 34.9 Å². The number of hydrogen-bond donors (Lipinski definition) is 1. The van der Waals surface area contributed by atoms with Crippen molar-refractivity contribution in [3.63, 3.8) is 0 Å². The maximum Gasteiger partial charge on any atom is 0.249 e. The molecule has 0 spiro atoms. The molecule has 0 bridgehead atoms. The van der Waals surface area contributed by atoms with Crippen molar-refractivity contribution < 1.29 is 18.3 Å². The van der Waals surface area contributed by atoms with Gasteiger partial charge in [0.1, 0.15) is 0 Å². The summed E-state index contributed by atoms with van der Waals surface area (Å²) >= 11 is 0. The molecule has 148 valence electrons. The lowest BCUT2D eigenvalue weighted by atomic mass is 9.80. The van der Waals surface area contributed by atoms with Crippen LogP contribution in [-0.2, 0) is 16.1 Å². The molecule has 0 unspecified atom stereocenters. The predicted molar refractivity (Wildman–Crippen MR) is 98.6 cm³/mol. The number of halogens is 2. The number of aryl methyl sites for hydroxylation is 2. The predicted octanol–water partition coefficient (Wildman–Crippen LogP) is 2.91. The van der Waals surface area contributed by atoms with Gasteiger partial charge in [0.05, 0.1) is 12.7 Å². The standard InChI is InChI=1S/C21H28F2N2O2/c1-13-3-4-14(2)15(5-13)9-25-10-18-17(12-27-19(18)11-25)8-24-20(26)16-6-21(22,23)7-16/h3-5,16-19H,6-12H2,1-2H3,(H,24,26)/t17-,18-,19-/m0/s1. The zero-order valence-corrected chi connectivity index (χ0v) is 16.0. The van der Waals surface area contributed by atoms with Gasteiger partial charge in [-0.3, -0.25) is 9.69 Å². The number of carbonyl (C=O) groups excluding carboxylic acids is 1. The third kappa shape index (κ3) is 4.02. The quantitative estimate of drug-likeness (QED) is 0.857. The minimum atomic E-state index is -2.65. The monoisotopic (exact) mass is 378 g/mol. The van der Waals surface area contributed by atoms with E-state index in [2.05, 4.69) is 42.3 Å². The van der Waals surface area contributed by atoms with Crippen LogP contribution in [0, 0.1) is 31.6 Å². The van der Waals surface area contributed by atoms with E-state index in [0.717, 1.165) is 19.6 Å². The first-order chi connectivity index (χ1) is 12.8. The smallest absolute Gasteiger partial charge is 0.249 e. The third-order valence-electron chi connectivity index (χ3n) is 6.41. The van der Waals surface area contributed by atoms with E-state index < -0.39 is 11.8 Å². The van der Waals surface area contributed by atoms with Crippen LogP contribution in [0.5, 0.6) is 0 Å². The van der Waals surface area contributed by atoms with E-state index >= 15 is 0 Å². The van der Waals surface area contributed by atoms with Crippen LogP contribution in [-0.4, -0.2) is 49.1 Å². The molecule has 0 radical (unpaired) electrons. The van der Waals surface area contributed by atoms with E-state index in [4.69, 9.17) is 4.74 Å². The maximum atomic E-state index is 12.9. The summed E-state index contributed by atoms with van der Waals surface area (Å²) in [6, 6.07) is 6.55. The number of ether oxygens (including phenoxy) is 1. The number of carbonyl (C=O) groups is 1. The Hall–Kier alpha value is -1.53. The number of nitrogens with zero attached hydrogens (tertiary/aromatic N) is 1. The van der Waals surface area contributed by atoms with Gasteiger partial charge in [0.15, 0.2) is 0 Å². The number of nitrogens with one attached hydrogen (secondary N) is 1. The fourth-order valence-electron chi connectivity index (χ4n) is 4.65. The van der Waals surface area contributed by atoms with Gasteiger partial charge in [0.2, 0.25) is 11.8 Å². The van der Waals surface area contributed by atoms with Crippen LogP contribution in [0.3, 0.4) is 0 Å². The Morgan fingerprint density at radius 2 is 2.07 bits per heavy atom. The molecule has 27 heavy (non-hydrogen) atoms. The highest BCUT2D eigenvalue weighted by atomic mass is 19.3. The molecule has 2 saturated heterocycles. The highest BCUT2D eigenvalue weighted by Gasteiger charge is 2.49. The molecule has 3 atom stereocenters. The SMILES string of the molecule is Cc1ccc(C)c(CN2C[C@H]3[C@@H](CNC(=O)C4CC(F)(F)C4)CO[C@H]3C2)c1. The Balaban J connectivity index is 1.28. The lowest BCUT2D eigenvalue weighted by Crippen LogP contribution is -2.46. The summed E-state index contributed by atoms with van der Waals surface area (Å²) in [6.07, 6.45) is -0.407. The second-order valence-corrected chi connectivity index (χ2v) is 8.63. The largest absolute Gasteiger partial charge is 0.376 e. The van der Waals surface area contributed by atoms with Crippen molar-refractivity contribution >= 4 is 5.91 Å². The number of amides is 1. The Labute approximate surface area is 159 Å². The van der Waals surface area contributed by atoms with Gasteiger partial charge in [0.25, 0.3) is 0 Å². The van der Waals surface area contributed by atoms with Gasteiger partial charge in [-0.2, -0.15) is 0 Å². The summed E-state index contributed by atoms with van der Waals surface area (Å²) in [5.74, 6) is -2.73. The van der Waals surface area contributed by atoms with E-state index in [1.165, 1.54) is 16.7 Å². The number of fused-ring (bicyclic) bond motifs is 1. The zero-order chi connectivity index (χ0) is 19.2. The van der Waals surface area contributed by atoms with Gasteiger partial charge in [-0.25, -0.2) is 8.78 Å². The Morgan fingerprint density at radius 3 is 2.81 bits per heavy atom. The summed E-state index contributed by atoms with van der Waals surface area (Å²) < 4.78 is 31.8. The van der Waals surface area contributed by atoms with Crippen LogP contribution in [0.4, 0.5) is 8.78 Å². The third-order valence-corrected chi connectivity index (χ3v) is 6.41. The number of benzene rings is 1. The molecule has 3 fully saturated rings. The van der Waals surface area contributed by atoms with E-state index in [0.29, 0.717) is 19.1 Å². The van der Waals surface area contributed by atoms with Gasteiger partial charge in [-0.1, -0.05) is 23.8 Å². The first-order valence-electron chi connectivity index (χ1n) is 9.86. The van der Waals surface area contributed by atoms with E-state index in [1.54, 1.807) is 0 Å². The average Bonchev–Trinajstić information content (AvgIpc) is 3.14.